The van der Waals surface area contributed by atoms with E-state index in [9.17, 15) is 17.2 Å². The highest BCUT2D eigenvalue weighted by Crippen LogP contribution is 2.01. The van der Waals surface area contributed by atoms with Gasteiger partial charge in [-0.15, -0.1) is 0 Å². The second-order valence-corrected chi connectivity index (χ2v) is 4.12. The van der Waals surface area contributed by atoms with Gasteiger partial charge in [0, 0.05) is 13.0 Å². The highest BCUT2D eigenvalue weighted by Gasteiger charge is 2.22. The van der Waals surface area contributed by atoms with Crippen molar-refractivity contribution in [3.05, 3.63) is 12.2 Å². The molecule has 80 valence electrons. The third-order valence-corrected chi connectivity index (χ3v) is 2.44. The Morgan fingerprint density at radius 2 is 2.29 bits per heavy atom. The predicted octanol–water partition coefficient (Wildman–Crippen LogP) is -0.511. The molecule has 0 aliphatic heterocycles. The molecule has 0 radical (unpaired) electrons. The van der Waals surface area contributed by atoms with Crippen molar-refractivity contribution in [3.8, 4) is 0 Å². The third kappa shape index (κ3) is 3.00. The number of nitrogens with one attached hydrogen (secondary N) is 2. The first-order valence-electron chi connectivity index (χ1n) is 3.63. The number of hydrogen-bond acceptors (Lipinski definition) is 4. The molecule has 0 atom stereocenters. The summed E-state index contributed by atoms with van der Waals surface area (Å²) in [5.41, 5.74) is 0. The summed E-state index contributed by atoms with van der Waals surface area (Å²) in [7, 11) is -4.50. The van der Waals surface area contributed by atoms with Crippen molar-refractivity contribution in [2.24, 2.45) is 0 Å². The highest BCUT2D eigenvalue weighted by molar-refractivity contribution is 7.89. The maximum atomic E-state index is 11.8. The Labute approximate surface area is 78.8 Å². The fourth-order valence-electron chi connectivity index (χ4n) is 0.726. The summed E-state index contributed by atoms with van der Waals surface area (Å²) in [6.45, 7) is -0.137. The van der Waals surface area contributed by atoms with E-state index >= 15 is 0 Å². The van der Waals surface area contributed by atoms with E-state index in [1.165, 1.54) is 6.33 Å². The lowest BCUT2D eigenvalue weighted by Gasteiger charge is -2.03. The van der Waals surface area contributed by atoms with Crippen LogP contribution in [0, 0.1) is 0 Å². The SMILES string of the molecule is O=S(=O)(NCCc1ncn[nH]1)C(F)F. The number of sulfonamides is 1. The number of halogens is 2. The van der Waals surface area contributed by atoms with Crippen LogP contribution in [0.25, 0.3) is 0 Å². The van der Waals surface area contributed by atoms with Gasteiger partial charge in [0.2, 0.25) is 0 Å². The van der Waals surface area contributed by atoms with E-state index in [4.69, 9.17) is 0 Å². The quantitative estimate of drug-likeness (QED) is 0.707. The lowest BCUT2D eigenvalue weighted by molar-refractivity contribution is 0.232. The summed E-state index contributed by atoms with van der Waals surface area (Å²) in [6, 6.07) is 0. The first-order chi connectivity index (χ1) is 6.52. The van der Waals surface area contributed by atoms with Crippen LogP contribution in [0.1, 0.15) is 5.82 Å². The Balaban J connectivity index is 2.36. The summed E-state index contributed by atoms with van der Waals surface area (Å²) in [5, 5.41) is 5.98. The van der Waals surface area contributed by atoms with Crippen molar-refractivity contribution >= 4 is 10.0 Å². The zero-order valence-corrected chi connectivity index (χ0v) is 7.76. The molecule has 1 rings (SSSR count). The molecule has 0 aliphatic carbocycles. The van der Waals surface area contributed by atoms with Gasteiger partial charge in [-0.05, 0) is 0 Å². The maximum absolute atomic E-state index is 11.8. The lowest BCUT2D eigenvalue weighted by atomic mass is 10.4. The van der Waals surface area contributed by atoms with Crippen molar-refractivity contribution < 1.29 is 17.2 Å². The molecule has 0 amide bonds. The normalized spacial score (nSPS) is 12.2. The van der Waals surface area contributed by atoms with Crippen LogP contribution in [0.3, 0.4) is 0 Å². The number of nitrogens with zero attached hydrogens (tertiary/aromatic N) is 2. The molecular formula is C5H8F2N4O2S. The van der Waals surface area contributed by atoms with Crippen LogP contribution in [0.5, 0.6) is 0 Å². The molecular weight excluding hydrogens is 218 g/mol. The van der Waals surface area contributed by atoms with E-state index < -0.39 is 15.8 Å². The van der Waals surface area contributed by atoms with E-state index in [0.29, 0.717) is 5.82 Å². The average Bonchev–Trinajstić information content (AvgIpc) is 2.56. The Kier molecular flexibility index (Phi) is 3.47. The molecule has 0 fully saturated rings. The van der Waals surface area contributed by atoms with Crippen LogP contribution in [0.4, 0.5) is 8.78 Å². The van der Waals surface area contributed by atoms with Crippen molar-refractivity contribution in [1.82, 2.24) is 19.9 Å². The molecule has 0 unspecified atom stereocenters. The first-order valence-corrected chi connectivity index (χ1v) is 5.18. The summed E-state index contributed by atoms with van der Waals surface area (Å²) in [5.74, 6) is -2.97. The van der Waals surface area contributed by atoms with Gasteiger partial charge >= 0.3 is 5.76 Å². The van der Waals surface area contributed by atoms with Gasteiger partial charge in [-0.3, -0.25) is 5.10 Å². The Hall–Kier alpha value is -1.09. The van der Waals surface area contributed by atoms with Crippen LogP contribution in [0.2, 0.25) is 0 Å². The molecule has 0 saturated heterocycles. The van der Waals surface area contributed by atoms with Crippen molar-refractivity contribution in [2.75, 3.05) is 6.54 Å². The van der Waals surface area contributed by atoms with Gasteiger partial charge < -0.3 is 0 Å². The summed E-state index contributed by atoms with van der Waals surface area (Å²) >= 11 is 0. The van der Waals surface area contributed by atoms with E-state index in [1.54, 1.807) is 4.72 Å². The Morgan fingerprint density at radius 1 is 1.57 bits per heavy atom. The fourth-order valence-corrected chi connectivity index (χ4v) is 1.24. The van der Waals surface area contributed by atoms with Crippen LogP contribution in [-0.2, 0) is 16.4 Å². The van der Waals surface area contributed by atoms with E-state index in [1.807, 2.05) is 0 Å². The van der Waals surface area contributed by atoms with E-state index in [2.05, 4.69) is 15.2 Å². The van der Waals surface area contributed by atoms with Crippen molar-refractivity contribution in [1.29, 1.82) is 0 Å². The Bertz CT molecular complexity index is 363. The molecule has 6 nitrogen and oxygen atoms in total. The average molecular weight is 226 g/mol. The molecule has 9 heteroatoms. The number of aromatic amines is 1. The number of H-pyrrole nitrogens is 1. The number of rotatable bonds is 5. The minimum atomic E-state index is -4.50. The van der Waals surface area contributed by atoms with Gasteiger partial charge in [0.15, 0.2) is 0 Å². The fraction of sp³-hybridized carbons (Fsp3) is 0.600. The molecule has 0 bridgehead atoms. The largest absolute Gasteiger partial charge is 0.350 e. The van der Waals surface area contributed by atoms with Crippen molar-refractivity contribution in [3.63, 3.8) is 0 Å². The molecule has 1 heterocycles. The molecule has 14 heavy (non-hydrogen) atoms. The first kappa shape index (κ1) is 11.0. The second-order valence-electron chi connectivity index (χ2n) is 2.38. The minimum absolute atomic E-state index is 0.137. The predicted molar refractivity (Wildman–Crippen MR) is 43.0 cm³/mol. The van der Waals surface area contributed by atoms with Gasteiger partial charge in [0.25, 0.3) is 10.0 Å². The molecule has 0 aromatic carbocycles. The van der Waals surface area contributed by atoms with Gasteiger partial charge in [-0.25, -0.2) is 18.1 Å². The summed E-state index contributed by atoms with van der Waals surface area (Å²) in [4.78, 5) is 3.69. The van der Waals surface area contributed by atoms with Crippen LogP contribution in [0.15, 0.2) is 6.33 Å². The van der Waals surface area contributed by atoms with Crippen molar-refractivity contribution in [2.45, 2.75) is 12.2 Å². The monoisotopic (exact) mass is 226 g/mol. The maximum Gasteiger partial charge on any atom is 0.350 e. The zero-order valence-electron chi connectivity index (χ0n) is 6.94. The van der Waals surface area contributed by atoms with Gasteiger partial charge in [0.05, 0.1) is 0 Å². The number of hydrogen-bond donors (Lipinski definition) is 2. The molecule has 0 spiro atoms. The van der Waals surface area contributed by atoms with Gasteiger partial charge in [-0.1, -0.05) is 0 Å². The topological polar surface area (TPSA) is 87.7 Å². The lowest BCUT2D eigenvalue weighted by Crippen LogP contribution is -2.31. The molecule has 1 aromatic rings. The Morgan fingerprint density at radius 3 is 2.79 bits per heavy atom. The highest BCUT2D eigenvalue weighted by atomic mass is 32.2. The molecule has 0 aliphatic rings. The van der Waals surface area contributed by atoms with Crippen LogP contribution in [-0.4, -0.2) is 35.9 Å². The summed E-state index contributed by atoms with van der Waals surface area (Å²) < 4.78 is 46.4. The number of aromatic nitrogens is 3. The van der Waals surface area contributed by atoms with Crippen LogP contribution >= 0.6 is 0 Å². The smallest absolute Gasteiger partial charge is 0.263 e. The van der Waals surface area contributed by atoms with Gasteiger partial charge in [-0.2, -0.15) is 13.9 Å². The molecule has 2 N–H and O–H groups in total. The van der Waals surface area contributed by atoms with Gasteiger partial charge in [0.1, 0.15) is 12.2 Å². The van der Waals surface area contributed by atoms with E-state index in [0.717, 1.165) is 0 Å². The van der Waals surface area contributed by atoms with E-state index in [-0.39, 0.29) is 13.0 Å². The zero-order chi connectivity index (χ0) is 10.6. The third-order valence-electron chi connectivity index (χ3n) is 1.36. The standard InChI is InChI=1S/C5H8F2N4O2S/c6-5(7)14(12,13)10-2-1-4-8-3-9-11-4/h3,5,10H,1-2H2,(H,8,9,11). The summed E-state index contributed by atoms with van der Waals surface area (Å²) in [6.07, 6.45) is 1.43. The minimum Gasteiger partial charge on any atom is -0.263 e. The molecule has 0 saturated carbocycles. The second kappa shape index (κ2) is 4.42. The number of alkyl halides is 2. The van der Waals surface area contributed by atoms with Crippen LogP contribution < -0.4 is 4.72 Å². The molecule has 1 aromatic heterocycles.